The molecule has 0 aliphatic carbocycles. The number of pyridine rings is 1. The monoisotopic (exact) mass is 214 g/mol. The summed E-state index contributed by atoms with van der Waals surface area (Å²) in [4.78, 5) is 14.9. The van der Waals surface area contributed by atoms with Gasteiger partial charge in [-0.2, -0.15) is 0 Å². The molecule has 82 valence electrons. The van der Waals surface area contributed by atoms with Crippen LogP contribution in [0.2, 0.25) is 0 Å². The zero-order valence-electron chi connectivity index (χ0n) is 9.26. The van der Waals surface area contributed by atoms with Gasteiger partial charge >= 0.3 is 0 Å². The summed E-state index contributed by atoms with van der Waals surface area (Å²) in [5, 5.41) is 0. The van der Waals surface area contributed by atoms with Gasteiger partial charge in [-0.25, -0.2) is 0 Å². The second-order valence-electron chi connectivity index (χ2n) is 3.65. The average molecular weight is 214 g/mol. The van der Waals surface area contributed by atoms with E-state index in [9.17, 15) is 4.79 Å². The Kier molecular flexibility index (Phi) is 3.15. The normalized spacial score (nSPS) is 10.3. The van der Waals surface area contributed by atoms with Gasteiger partial charge in [-0.3, -0.25) is 9.78 Å². The van der Waals surface area contributed by atoms with Crippen molar-refractivity contribution in [3.05, 3.63) is 53.6 Å². The smallest absolute Gasteiger partial charge is 0.166 e. The van der Waals surface area contributed by atoms with Gasteiger partial charge in [-0.05, 0) is 30.7 Å². The summed E-state index contributed by atoms with van der Waals surface area (Å²) >= 11 is 0. The highest BCUT2D eigenvalue weighted by Crippen LogP contribution is 2.12. The molecule has 2 aromatic heterocycles. The fourth-order valence-electron chi connectivity index (χ4n) is 1.88. The molecular weight excluding hydrogens is 200 g/mol. The first-order valence-corrected chi connectivity index (χ1v) is 5.37. The summed E-state index contributed by atoms with van der Waals surface area (Å²) in [6.45, 7) is 2.86. The van der Waals surface area contributed by atoms with Crippen LogP contribution in [0.4, 0.5) is 0 Å². The third-order valence-corrected chi connectivity index (χ3v) is 2.65. The molecule has 0 spiro atoms. The lowest BCUT2D eigenvalue weighted by molar-refractivity contribution is 0.111. The lowest BCUT2D eigenvalue weighted by Crippen LogP contribution is -2.05. The number of nitrogens with zero attached hydrogens (tertiary/aromatic N) is 2. The molecule has 3 nitrogen and oxygen atoms in total. The number of rotatable bonds is 4. The Morgan fingerprint density at radius 2 is 2.25 bits per heavy atom. The third kappa shape index (κ3) is 2.03. The van der Waals surface area contributed by atoms with Gasteiger partial charge in [-0.15, -0.1) is 0 Å². The lowest BCUT2D eigenvalue weighted by Gasteiger charge is -2.07. The van der Waals surface area contributed by atoms with E-state index in [-0.39, 0.29) is 0 Å². The maximum absolute atomic E-state index is 10.8. The molecule has 0 amide bonds. The van der Waals surface area contributed by atoms with E-state index in [4.69, 9.17) is 0 Å². The Labute approximate surface area is 94.7 Å². The van der Waals surface area contributed by atoms with E-state index in [1.54, 1.807) is 6.20 Å². The second-order valence-corrected chi connectivity index (χ2v) is 3.65. The summed E-state index contributed by atoms with van der Waals surface area (Å²) < 4.78 is 2.03. The quantitative estimate of drug-likeness (QED) is 0.732. The highest BCUT2D eigenvalue weighted by Gasteiger charge is 2.06. The third-order valence-electron chi connectivity index (χ3n) is 2.65. The van der Waals surface area contributed by atoms with E-state index in [1.807, 2.05) is 42.0 Å². The molecule has 0 radical (unpaired) electrons. The van der Waals surface area contributed by atoms with Gasteiger partial charge in [0.25, 0.3) is 0 Å². The molecule has 0 bridgehead atoms. The van der Waals surface area contributed by atoms with E-state index in [0.29, 0.717) is 0 Å². The summed E-state index contributed by atoms with van der Waals surface area (Å²) in [5.41, 5.74) is 3.05. The van der Waals surface area contributed by atoms with Crippen LogP contribution in [0.1, 0.15) is 28.7 Å². The number of hydrogen-bond donors (Lipinski definition) is 0. The molecule has 0 aliphatic rings. The summed E-state index contributed by atoms with van der Waals surface area (Å²) in [6.07, 6.45) is 5.33. The molecule has 0 unspecified atom stereocenters. The molecule has 0 aliphatic heterocycles. The molecule has 0 aromatic carbocycles. The number of carbonyl (C=O) groups is 1. The Morgan fingerprint density at radius 1 is 1.38 bits per heavy atom. The molecule has 16 heavy (non-hydrogen) atoms. The van der Waals surface area contributed by atoms with Crippen LogP contribution < -0.4 is 0 Å². The fourth-order valence-corrected chi connectivity index (χ4v) is 1.88. The maximum atomic E-state index is 10.8. The van der Waals surface area contributed by atoms with Crippen molar-refractivity contribution in [3.8, 4) is 0 Å². The molecule has 0 N–H and O–H groups in total. The largest absolute Gasteiger partial charge is 0.342 e. The lowest BCUT2D eigenvalue weighted by atomic mass is 10.1. The number of hydrogen-bond acceptors (Lipinski definition) is 2. The predicted molar refractivity (Wildman–Crippen MR) is 62.5 cm³/mol. The predicted octanol–water partition coefficient (Wildman–Crippen LogP) is 2.31. The SMILES string of the molecule is CCn1c(C=O)ccc1Cc1cccnc1. The van der Waals surface area contributed by atoms with Crippen LogP contribution in [0.15, 0.2) is 36.7 Å². The molecular formula is C13H14N2O. The van der Waals surface area contributed by atoms with Gasteiger partial charge in [0, 0.05) is 31.1 Å². The molecule has 3 heteroatoms. The van der Waals surface area contributed by atoms with Crippen molar-refractivity contribution in [3.63, 3.8) is 0 Å². The standard InChI is InChI=1S/C13H14N2O/c1-2-15-12(5-6-13(15)10-16)8-11-4-3-7-14-9-11/h3-7,9-10H,2,8H2,1H3. The van der Waals surface area contributed by atoms with Crippen molar-refractivity contribution in [2.75, 3.05) is 0 Å². The molecule has 0 saturated carbocycles. The van der Waals surface area contributed by atoms with E-state index >= 15 is 0 Å². The first-order valence-electron chi connectivity index (χ1n) is 5.37. The summed E-state index contributed by atoms with van der Waals surface area (Å²) in [7, 11) is 0. The van der Waals surface area contributed by atoms with Gasteiger partial charge in [-0.1, -0.05) is 6.07 Å². The van der Waals surface area contributed by atoms with E-state index in [2.05, 4.69) is 4.98 Å². The zero-order valence-corrected chi connectivity index (χ0v) is 9.26. The minimum Gasteiger partial charge on any atom is -0.342 e. The topological polar surface area (TPSA) is 34.9 Å². The summed E-state index contributed by atoms with van der Waals surface area (Å²) in [5.74, 6) is 0. The molecule has 2 heterocycles. The van der Waals surface area contributed by atoms with Gasteiger partial charge in [0.2, 0.25) is 0 Å². The number of aldehydes is 1. The van der Waals surface area contributed by atoms with Crippen molar-refractivity contribution >= 4 is 6.29 Å². The van der Waals surface area contributed by atoms with Crippen molar-refractivity contribution in [1.29, 1.82) is 0 Å². The fraction of sp³-hybridized carbons (Fsp3) is 0.231. The number of aromatic nitrogens is 2. The first kappa shape index (κ1) is 10.6. The van der Waals surface area contributed by atoms with Gasteiger partial charge in [0.05, 0.1) is 5.69 Å². The highest BCUT2D eigenvalue weighted by molar-refractivity contribution is 5.72. The average Bonchev–Trinajstić information content (AvgIpc) is 2.72. The van der Waals surface area contributed by atoms with Crippen LogP contribution in [0.5, 0.6) is 0 Å². The van der Waals surface area contributed by atoms with Gasteiger partial charge in [0.1, 0.15) is 0 Å². The minimum absolute atomic E-state index is 0.737. The van der Waals surface area contributed by atoms with Crippen molar-refractivity contribution < 1.29 is 4.79 Å². The zero-order chi connectivity index (χ0) is 11.4. The van der Waals surface area contributed by atoms with Gasteiger partial charge < -0.3 is 4.57 Å². The molecule has 2 aromatic rings. The van der Waals surface area contributed by atoms with Crippen LogP contribution in [0, 0.1) is 0 Å². The van der Waals surface area contributed by atoms with Crippen LogP contribution in [0.25, 0.3) is 0 Å². The van der Waals surface area contributed by atoms with Crippen LogP contribution in [0.3, 0.4) is 0 Å². The Hall–Kier alpha value is -1.90. The van der Waals surface area contributed by atoms with E-state index in [1.165, 1.54) is 0 Å². The highest BCUT2D eigenvalue weighted by atomic mass is 16.1. The molecule has 0 fully saturated rings. The van der Waals surface area contributed by atoms with Crippen LogP contribution in [-0.4, -0.2) is 15.8 Å². The molecule has 0 saturated heterocycles. The van der Waals surface area contributed by atoms with Crippen molar-refractivity contribution in [1.82, 2.24) is 9.55 Å². The van der Waals surface area contributed by atoms with Gasteiger partial charge in [0.15, 0.2) is 6.29 Å². The van der Waals surface area contributed by atoms with E-state index in [0.717, 1.165) is 36.2 Å². The van der Waals surface area contributed by atoms with Crippen molar-refractivity contribution in [2.45, 2.75) is 19.9 Å². The Balaban J connectivity index is 2.28. The van der Waals surface area contributed by atoms with Crippen molar-refractivity contribution in [2.24, 2.45) is 0 Å². The molecule has 2 rings (SSSR count). The first-order chi connectivity index (χ1) is 7.85. The maximum Gasteiger partial charge on any atom is 0.166 e. The molecule has 0 atom stereocenters. The Morgan fingerprint density at radius 3 is 2.88 bits per heavy atom. The number of carbonyl (C=O) groups excluding carboxylic acids is 1. The van der Waals surface area contributed by atoms with Crippen LogP contribution in [-0.2, 0) is 13.0 Å². The Bertz CT molecular complexity index is 474. The summed E-state index contributed by atoms with van der Waals surface area (Å²) in [6, 6.07) is 7.83. The second kappa shape index (κ2) is 4.75. The van der Waals surface area contributed by atoms with E-state index < -0.39 is 0 Å². The van der Waals surface area contributed by atoms with Crippen LogP contribution >= 0.6 is 0 Å². The minimum atomic E-state index is 0.737.